The van der Waals surface area contributed by atoms with Gasteiger partial charge in [-0.15, -0.1) is 0 Å². The largest absolute Gasteiger partial charge is 0.329 e. The van der Waals surface area contributed by atoms with Crippen LogP contribution in [0.1, 0.15) is 60.3 Å². The highest BCUT2D eigenvalue weighted by Crippen LogP contribution is 2.36. The fourth-order valence-corrected chi connectivity index (χ4v) is 3.43. The molecule has 1 aliphatic carbocycles. The minimum atomic E-state index is 0.236. The van der Waals surface area contributed by atoms with Crippen LogP contribution >= 0.6 is 0 Å². The van der Waals surface area contributed by atoms with Crippen molar-refractivity contribution < 1.29 is 0 Å². The third-order valence-corrected chi connectivity index (χ3v) is 4.18. The van der Waals surface area contributed by atoms with Crippen LogP contribution in [-0.4, -0.2) is 30.1 Å². The molecule has 2 heteroatoms. The standard InChI is InChI=1S/C16H34N2/c1-6-18(11-15-7-8-15)16(12-17,9-13(2)3)10-14(4)5/h13-15H,6-12,17H2,1-5H3. The van der Waals surface area contributed by atoms with Gasteiger partial charge in [-0.25, -0.2) is 0 Å². The Balaban J connectivity index is 2.81. The van der Waals surface area contributed by atoms with Crippen LogP contribution in [0, 0.1) is 17.8 Å². The predicted octanol–water partition coefficient (Wildman–Crippen LogP) is 3.51. The molecule has 1 rings (SSSR count). The quantitative estimate of drug-likeness (QED) is 0.682. The van der Waals surface area contributed by atoms with Gasteiger partial charge in [0.2, 0.25) is 0 Å². The number of nitrogens with two attached hydrogens (primary N) is 1. The first-order valence-electron chi connectivity index (χ1n) is 7.88. The summed E-state index contributed by atoms with van der Waals surface area (Å²) < 4.78 is 0. The first kappa shape index (κ1) is 16.0. The third-order valence-electron chi connectivity index (χ3n) is 4.18. The van der Waals surface area contributed by atoms with Crippen molar-refractivity contribution in [3.8, 4) is 0 Å². The summed E-state index contributed by atoms with van der Waals surface area (Å²) in [5.74, 6) is 2.40. The van der Waals surface area contributed by atoms with Crippen LogP contribution in [0.5, 0.6) is 0 Å². The van der Waals surface area contributed by atoms with E-state index >= 15 is 0 Å². The summed E-state index contributed by atoms with van der Waals surface area (Å²) in [5.41, 5.74) is 6.47. The Morgan fingerprint density at radius 2 is 1.61 bits per heavy atom. The van der Waals surface area contributed by atoms with Crippen molar-refractivity contribution in [2.45, 2.75) is 65.8 Å². The lowest BCUT2D eigenvalue weighted by Gasteiger charge is -2.45. The molecular formula is C16H34N2. The first-order chi connectivity index (χ1) is 8.43. The Bertz CT molecular complexity index is 221. The summed E-state index contributed by atoms with van der Waals surface area (Å²) in [7, 11) is 0. The summed E-state index contributed by atoms with van der Waals surface area (Å²) >= 11 is 0. The SMILES string of the molecule is CCN(CC1CC1)C(CN)(CC(C)C)CC(C)C. The van der Waals surface area contributed by atoms with Gasteiger partial charge in [-0.1, -0.05) is 34.6 Å². The van der Waals surface area contributed by atoms with Crippen molar-refractivity contribution in [3.63, 3.8) is 0 Å². The molecule has 0 aromatic rings. The number of hydrogen-bond donors (Lipinski definition) is 1. The number of hydrogen-bond acceptors (Lipinski definition) is 2. The average molecular weight is 254 g/mol. The second-order valence-electron chi connectivity index (χ2n) is 7.11. The molecule has 0 spiro atoms. The van der Waals surface area contributed by atoms with E-state index in [0.29, 0.717) is 0 Å². The van der Waals surface area contributed by atoms with Crippen molar-refractivity contribution in [3.05, 3.63) is 0 Å². The third kappa shape index (κ3) is 4.55. The number of nitrogens with zero attached hydrogens (tertiary/aromatic N) is 1. The Kier molecular flexibility index (Phi) is 6.13. The topological polar surface area (TPSA) is 29.3 Å². The molecule has 0 aromatic heterocycles. The normalized spacial score (nSPS) is 17.2. The van der Waals surface area contributed by atoms with E-state index in [2.05, 4.69) is 39.5 Å². The van der Waals surface area contributed by atoms with E-state index in [1.807, 2.05) is 0 Å². The molecule has 0 amide bonds. The fourth-order valence-electron chi connectivity index (χ4n) is 3.43. The minimum absolute atomic E-state index is 0.236. The van der Waals surface area contributed by atoms with Gasteiger partial charge in [0, 0.05) is 18.6 Å². The van der Waals surface area contributed by atoms with E-state index in [1.54, 1.807) is 0 Å². The lowest BCUT2D eigenvalue weighted by Crippen LogP contribution is -2.56. The van der Waals surface area contributed by atoms with Gasteiger partial charge >= 0.3 is 0 Å². The molecule has 2 nitrogen and oxygen atoms in total. The molecule has 0 atom stereocenters. The smallest absolute Gasteiger partial charge is 0.0336 e. The molecule has 18 heavy (non-hydrogen) atoms. The van der Waals surface area contributed by atoms with Crippen LogP contribution in [0.15, 0.2) is 0 Å². The zero-order valence-electron chi connectivity index (χ0n) is 13.2. The van der Waals surface area contributed by atoms with Crippen LogP contribution in [0.4, 0.5) is 0 Å². The maximum atomic E-state index is 6.24. The van der Waals surface area contributed by atoms with Crippen molar-refractivity contribution in [2.75, 3.05) is 19.6 Å². The van der Waals surface area contributed by atoms with Gasteiger partial charge in [-0.05, 0) is 50.0 Å². The van der Waals surface area contributed by atoms with Gasteiger partial charge < -0.3 is 5.73 Å². The molecular weight excluding hydrogens is 220 g/mol. The predicted molar refractivity (Wildman–Crippen MR) is 80.7 cm³/mol. The molecule has 0 unspecified atom stereocenters. The Morgan fingerprint density at radius 3 is 1.89 bits per heavy atom. The lowest BCUT2D eigenvalue weighted by molar-refractivity contribution is 0.0535. The maximum Gasteiger partial charge on any atom is 0.0336 e. The zero-order valence-corrected chi connectivity index (χ0v) is 13.2. The molecule has 0 heterocycles. The molecule has 0 bridgehead atoms. The van der Waals surface area contributed by atoms with Crippen LogP contribution in [0.2, 0.25) is 0 Å². The van der Waals surface area contributed by atoms with Crippen molar-refractivity contribution in [1.29, 1.82) is 0 Å². The summed E-state index contributed by atoms with van der Waals surface area (Å²) in [6, 6.07) is 0. The van der Waals surface area contributed by atoms with E-state index in [0.717, 1.165) is 30.8 Å². The van der Waals surface area contributed by atoms with Gasteiger partial charge in [0.25, 0.3) is 0 Å². The van der Waals surface area contributed by atoms with Crippen LogP contribution in [0.3, 0.4) is 0 Å². The molecule has 108 valence electrons. The van der Waals surface area contributed by atoms with E-state index in [4.69, 9.17) is 5.73 Å². The molecule has 0 aliphatic heterocycles. The van der Waals surface area contributed by atoms with E-state index < -0.39 is 0 Å². The Hall–Kier alpha value is -0.0800. The zero-order chi connectivity index (χ0) is 13.8. The van der Waals surface area contributed by atoms with Crippen LogP contribution < -0.4 is 5.73 Å². The van der Waals surface area contributed by atoms with E-state index in [9.17, 15) is 0 Å². The van der Waals surface area contributed by atoms with Crippen molar-refractivity contribution in [2.24, 2.45) is 23.5 Å². The molecule has 2 N–H and O–H groups in total. The highest BCUT2D eigenvalue weighted by atomic mass is 15.2. The lowest BCUT2D eigenvalue weighted by atomic mass is 9.80. The van der Waals surface area contributed by atoms with E-state index in [-0.39, 0.29) is 5.54 Å². The highest BCUT2D eigenvalue weighted by Gasteiger charge is 2.38. The Labute approximate surface area is 114 Å². The van der Waals surface area contributed by atoms with Gasteiger partial charge in [0.05, 0.1) is 0 Å². The first-order valence-corrected chi connectivity index (χ1v) is 7.88. The van der Waals surface area contributed by atoms with Gasteiger partial charge in [0.1, 0.15) is 0 Å². The number of rotatable bonds is 9. The molecule has 0 saturated heterocycles. The molecule has 0 aromatic carbocycles. The highest BCUT2D eigenvalue weighted by molar-refractivity contribution is 4.95. The Morgan fingerprint density at radius 1 is 1.11 bits per heavy atom. The molecule has 0 radical (unpaired) electrons. The maximum absolute atomic E-state index is 6.24. The summed E-state index contributed by atoms with van der Waals surface area (Å²) in [5, 5.41) is 0. The second kappa shape index (κ2) is 6.91. The van der Waals surface area contributed by atoms with Gasteiger partial charge in [0.15, 0.2) is 0 Å². The van der Waals surface area contributed by atoms with E-state index in [1.165, 1.54) is 32.2 Å². The van der Waals surface area contributed by atoms with Crippen LogP contribution in [0.25, 0.3) is 0 Å². The monoisotopic (exact) mass is 254 g/mol. The van der Waals surface area contributed by atoms with Gasteiger partial charge in [-0.3, -0.25) is 4.90 Å². The molecule has 1 aliphatic rings. The summed E-state index contributed by atoms with van der Waals surface area (Å²) in [4.78, 5) is 2.70. The average Bonchev–Trinajstić information content (AvgIpc) is 3.07. The van der Waals surface area contributed by atoms with Crippen molar-refractivity contribution >= 4 is 0 Å². The second-order valence-corrected chi connectivity index (χ2v) is 7.11. The minimum Gasteiger partial charge on any atom is -0.329 e. The summed E-state index contributed by atoms with van der Waals surface area (Å²) in [6.07, 6.45) is 5.34. The molecule has 1 fully saturated rings. The summed E-state index contributed by atoms with van der Waals surface area (Å²) in [6.45, 7) is 14.8. The molecule has 1 saturated carbocycles. The van der Waals surface area contributed by atoms with Crippen molar-refractivity contribution in [1.82, 2.24) is 4.90 Å². The van der Waals surface area contributed by atoms with Crippen LogP contribution in [-0.2, 0) is 0 Å². The number of likely N-dealkylation sites (N-methyl/N-ethyl adjacent to an activating group) is 1. The van der Waals surface area contributed by atoms with Gasteiger partial charge in [-0.2, -0.15) is 0 Å². The fraction of sp³-hybridized carbons (Fsp3) is 1.00.